The van der Waals surface area contributed by atoms with Gasteiger partial charge in [0.2, 0.25) is 0 Å². The third-order valence-electron chi connectivity index (χ3n) is 6.89. The highest BCUT2D eigenvalue weighted by atomic mass is 16.7. The van der Waals surface area contributed by atoms with E-state index in [1.807, 2.05) is 62.5 Å². The van der Waals surface area contributed by atoms with Crippen molar-refractivity contribution in [2.75, 3.05) is 0 Å². The molecule has 3 aromatic rings. The third-order valence-corrected chi connectivity index (χ3v) is 6.89. The van der Waals surface area contributed by atoms with Crippen LogP contribution in [0.5, 0.6) is 0 Å². The van der Waals surface area contributed by atoms with E-state index in [0.29, 0.717) is 11.6 Å². The smallest absolute Gasteiger partial charge is 0.534 e. The second-order valence-electron chi connectivity index (χ2n) is 10.2. The Kier molecular flexibility index (Phi) is 4.98. The van der Waals surface area contributed by atoms with Gasteiger partial charge in [0.15, 0.2) is 5.82 Å². The van der Waals surface area contributed by atoms with Crippen molar-refractivity contribution in [1.82, 2.24) is 9.97 Å². The highest BCUT2D eigenvalue weighted by Gasteiger charge is 2.51. The first-order chi connectivity index (χ1) is 15.5. The van der Waals surface area contributed by atoms with Crippen molar-refractivity contribution in [2.45, 2.75) is 58.3 Å². The molecule has 6 nitrogen and oxygen atoms in total. The van der Waals surface area contributed by atoms with Crippen LogP contribution in [0.1, 0.15) is 41.5 Å². The molecule has 2 aliphatic rings. The Morgan fingerprint density at radius 2 is 1.42 bits per heavy atom. The molecule has 2 aliphatic heterocycles. The molecule has 0 bridgehead atoms. The van der Waals surface area contributed by atoms with E-state index in [-0.39, 0.29) is 11.2 Å². The molecule has 0 N–H and O–H groups in total. The van der Waals surface area contributed by atoms with E-state index in [9.17, 15) is 0 Å². The van der Waals surface area contributed by atoms with Crippen LogP contribution in [0.3, 0.4) is 0 Å². The van der Waals surface area contributed by atoms with Gasteiger partial charge in [-0.05, 0) is 58.5 Å². The fourth-order valence-corrected chi connectivity index (χ4v) is 3.87. The summed E-state index contributed by atoms with van der Waals surface area (Å²) in [6.07, 6.45) is 1.84. The van der Waals surface area contributed by atoms with Crippen molar-refractivity contribution in [1.29, 1.82) is 0 Å². The third kappa shape index (κ3) is 3.86. The number of hydrogen-bond acceptors (Lipinski definition) is 6. The Balaban J connectivity index is 1.37. The van der Waals surface area contributed by atoms with Gasteiger partial charge in [0, 0.05) is 17.1 Å². The molecule has 3 heterocycles. The van der Waals surface area contributed by atoms with Crippen molar-refractivity contribution in [2.24, 2.45) is 0 Å². The Bertz CT molecular complexity index is 1220. The van der Waals surface area contributed by atoms with Gasteiger partial charge in [-0.2, -0.15) is 0 Å². The zero-order valence-corrected chi connectivity index (χ0v) is 20.0. The van der Waals surface area contributed by atoms with Gasteiger partial charge in [-0.15, -0.1) is 0 Å². The molecule has 1 aromatic heterocycles. The van der Waals surface area contributed by atoms with Crippen molar-refractivity contribution in [3.63, 3.8) is 0 Å². The maximum Gasteiger partial charge on any atom is 0.563 e. The molecule has 168 valence electrons. The quantitative estimate of drug-likeness (QED) is 0.578. The van der Waals surface area contributed by atoms with Gasteiger partial charge in [0.25, 0.3) is 0 Å². The highest BCUT2D eigenvalue weighted by molar-refractivity contribution is 6.62. The lowest BCUT2D eigenvalue weighted by atomic mass is 9.78. The monoisotopic (exact) mass is 442 g/mol. The summed E-state index contributed by atoms with van der Waals surface area (Å²) in [6.45, 7) is 16.0. The molecule has 5 rings (SSSR count). The van der Waals surface area contributed by atoms with Crippen molar-refractivity contribution in [3.8, 4) is 11.4 Å². The first kappa shape index (κ1) is 22.1. The van der Waals surface area contributed by atoms with Gasteiger partial charge < -0.3 is 18.6 Å². The van der Waals surface area contributed by atoms with E-state index in [4.69, 9.17) is 23.6 Å². The molecule has 0 amide bonds. The minimum absolute atomic E-state index is 0.378. The predicted molar refractivity (Wildman–Crippen MR) is 131 cm³/mol. The van der Waals surface area contributed by atoms with Gasteiger partial charge in [-0.1, -0.05) is 43.0 Å². The minimum Gasteiger partial charge on any atom is -0.534 e. The number of fused-ring (bicyclic) bond motifs is 1. The summed E-state index contributed by atoms with van der Waals surface area (Å²) in [5.74, 6) is 1.30. The highest BCUT2D eigenvalue weighted by Crippen LogP contribution is 2.36. The predicted octanol–water partition coefficient (Wildman–Crippen LogP) is 3.63. The van der Waals surface area contributed by atoms with Gasteiger partial charge in [0.1, 0.15) is 5.60 Å². The maximum atomic E-state index is 6.18. The van der Waals surface area contributed by atoms with Crippen LogP contribution in [-0.2, 0) is 18.6 Å². The Morgan fingerprint density at radius 3 is 2.03 bits per heavy atom. The van der Waals surface area contributed by atoms with Crippen molar-refractivity contribution < 1.29 is 18.6 Å². The Hall–Kier alpha value is -2.67. The average molecular weight is 442 g/mol. The molecule has 0 spiro atoms. The molecule has 2 saturated heterocycles. The lowest BCUT2D eigenvalue weighted by Crippen LogP contribution is -2.41. The lowest BCUT2D eigenvalue weighted by molar-refractivity contribution is 0.00578. The van der Waals surface area contributed by atoms with Crippen LogP contribution in [0.2, 0.25) is 0 Å². The summed E-state index contributed by atoms with van der Waals surface area (Å²) in [6, 6.07) is 13.9. The number of benzene rings is 2. The second kappa shape index (κ2) is 7.42. The van der Waals surface area contributed by atoms with E-state index in [1.165, 1.54) is 0 Å². The van der Waals surface area contributed by atoms with Gasteiger partial charge in [-0.3, -0.25) is 0 Å². The van der Waals surface area contributed by atoms with Crippen LogP contribution in [0, 0.1) is 0 Å². The molecular weight excluding hydrogens is 414 g/mol. The average Bonchev–Trinajstić information content (AvgIpc) is 3.16. The van der Waals surface area contributed by atoms with E-state index >= 15 is 0 Å². The van der Waals surface area contributed by atoms with Crippen LogP contribution in [0.4, 0.5) is 0 Å². The van der Waals surface area contributed by atoms with Crippen LogP contribution in [-0.4, -0.2) is 41.0 Å². The van der Waals surface area contributed by atoms with E-state index in [2.05, 4.69) is 39.3 Å². The molecule has 0 radical (unpaired) electrons. The van der Waals surface area contributed by atoms with E-state index in [0.717, 1.165) is 27.4 Å². The zero-order valence-electron chi connectivity index (χ0n) is 20.0. The first-order valence-electron chi connectivity index (χ1n) is 11.2. The molecule has 0 unspecified atom stereocenters. The van der Waals surface area contributed by atoms with Crippen molar-refractivity contribution >= 4 is 36.1 Å². The van der Waals surface area contributed by atoms with E-state index in [1.54, 1.807) is 0 Å². The summed E-state index contributed by atoms with van der Waals surface area (Å²) >= 11 is 0. The fraction of sp³-hybridized carbons (Fsp3) is 0.360. The minimum atomic E-state index is -0.496. The summed E-state index contributed by atoms with van der Waals surface area (Å²) in [4.78, 5) is 9.36. The van der Waals surface area contributed by atoms with Crippen LogP contribution >= 0.6 is 0 Å². The normalized spacial score (nSPS) is 21.0. The van der Waals surface area contributed by atoms with Crippen molar-refractivity contribution in [3.05, 3.63) is 61.0 Å². The topological polar surface area (TPSA) is 62.7 Å². The molecular formula is C25H28B2N2O4. The fourth-order valence-electron chi connectivity index (χ4n) is 3.87. The summed E-state index contributed by atoms with van der Waals surface area (Å²) in [5, 5.41) is 0.941. The number of nitrogens with zero attached hydrogens (tertiary/aromatic N) is 2. The first-order valence-corrected chi connectivity index (χ1v) is 11.2. The van der Waals surface area contributed by atoms with Gasteiger partial charge in [-0.25, -0.2) is 9.97 Å². The van der Waals surface area contributed by atoms with Crippen LogP contribution < -0.4 is 10.9 Å². The standard InChI is InChI=1S/C25H28B2N2O4/c1-16-23(2,3)31-26(30-16)19-10-8-17(9-11-19)22-28-15-18-14-20(12-13-21(18)29-22)27-32-24(4,5)25(6,7)33-27/h8-15H,1H2,2-7H3. The second-order valence-corrected chi connectivity index (χ2v) is 10.2. The molecule has 0 atom stereocenters. The summed E-state index contributed by atoms with van der Waals surface area (Å²) in [7, 11) is -0.861. The van der Waals surface area contributed by atoms with Gasteiger partial charge >= 0.3 is 14.2 Å². The summed E-state index contributed by atoms with van der Waals surface area (Å²) in [5.41, 5.74) is 2.43. The number of rotatable bonds is 3. The van der Waals surface area contributed by atoms with E-state index < -0.39 is 19.8 Å². The van der Waals surface area contributed by atoms with Crippen LogP contribution in [0.15, 0.2) is 61.0 Å². The largest absolute Gasteiger partial charge is 0.563 e. The molecule has 2 aromatic carbocycles. The molecule has 0 saturated carbocycles. The van der Waals surface area contributed by atoms with Gasteiger partial charge in [0.05, 0.1) is 22.5 Å². The van der Waals surface area contributed by atoms with Crippen LogP contribution in [0.25, 0.3) is 22.3 Å². The zero-order chi connectivity index (χ0) is 23.6. The Morgan fingerprint density at radius 1 is 0.788 bits per heavy atom. The SMILES string of the molecule is C=C1OB(c2ccc(-c3ncc4cc(B5OC(C)(C)C(C)(C)O5)ccc4n3)cc2)OC1(C)C. The summed E-state index contributed by atoms with van der Waals surface area (Å²) < 4.78 is 24.1. The lowest BCUT2D eigenvalue weighted by Gasteiger charge is -2.32. The molecule has 2 fully saturated rings. The molecule has 0 aliphatic carbocycles. The number of aromatic nitrogens is 2. The molecule has 8 heteroatoms. The Labute approximate surface area is 195 Å². The molecule has 33 heavy (non-hydrogen) atoms. The number of hydrogen-bond donors (Lipinski definition) is 0. The maximum absolute atomic E-state index is 6.18.